The van der Waals surface area contributed by atoms with Gasteiger partial charge in [0.1, 0.15) is 6.04 Å². The lowest BCUT2D eigenvalue weighted by Crippen LogP contribution is -2.36. The molecule has 4 aromatic rings. The van der Waals surface area contributed by atoms with Crippen LogP contribution >= 0.6 is 11.6 Å². The Kier molecular flexibility index (Phi) is 5.97. The van der Waals surface area contributed by atoms with Crippen LogP contribution in [0.1, 0.15) is 53.4 Å². The minimum absolute atomic E-state index is 0.171. The van der Waals surface area contributed by atoms with Gasteiger partial charge < -0.3 is 15.6 Å². The summed E-state index contributed by atoms with van der Waals surface area (Å²) in [6.07, 6.45) is 9.22. The van der Waals surface area contributed by atoms with E-state index in [1.807, 2.05) is 12.1 Å². The van der Waals surface area contributed by atoms with Crippen molar-refractivity contribution >= 4 is 34.2 Å². The number of halogens is 1. The van der Waals surface area contributed by atoms with Crippen LogP contribution in [-0.4, -0.2) is 25.4 Å². The molecule has 0 saturated carbocycles. The SMILES string of the molecule is O=C(NCc1cc2cnccc2[nH]1)[C@@H]1CCc2c(Cl)nc(NCc3ccc4c(c3)CCCC4)c(=O)n21. The molecule has 0 unspecified atom stereocenters. The molecular weight excluding hydrogens is 476 g/mol. The van der Waals surface area contributed by atoms with Gasteiger partial charge in [-0.1, -0.05) is 29.8 Å². The van der Waals surface area contributed by atoms with Gasteiger partial charge >= 0.3 is 0 Å². The van der Waals surface area contributed by atoms with Crippen molar-refractivity contribution in [2.45, 2.75) is 57.7 Å². The molecule has 1 aromatic carbocycles. The zero-order chi connectivity index (χ0) is 24.6. The highest BCUT2D eigenvalue weighted by Crippen LogP contribution is 2.29. The first-order valence-electron chi connectivity index (χ1n) is 12.4. The summed E-state index contributed by atoms with van der Waals surface area (Å²) in [6.45, 7) is 0.799. The first-order valence-corrected chi connectivity index (χ1v) is 12.8. The second-order valence-electron chi connectivity index (χ2n) is 9.57. The Labute approximate surface area is 213 Å². The quantitative estimate of drug-likeness (QED) is 0.368. The zero-order valence-electron chi connectivity index (χ0n) is 19.8. The predicted molar refractivity (Wildman–Crippen MR) is 139 cm³/mol. The fourth-order valence-corrected chi connectivity index (χ4v) is 5.65. The molecule has 2 aliphatic rings. The zero-order valence-corrected chi connectivity index (χ0v) is 20.6. The van der Waals surface area contributed by atoms with Crippen molar-refractivity contribution in [2.75, 3.05) is 5.32 Å². The van der Waals surface area contributed by atoms with Crippen LogP contribution in [-0.2, 0) is 37.1 Å². The molecule has 9 heteroatoms. The summed E-state index contributed by atoms with van der Waals surface area (Å²) in [5.41, 5.74) is 6.03. The Morgan fingerprint density at radius 2 is 1.97 bits per heavy atom. The number of hydrogen-bond donors (Lipinski definition) is 3. The Bertz CT molecular complexity index is 1490. The van der Waals surface area contributed by atoms with Gasteiger partial charge in [-0.15, -0.1) is 0 Å². The van der Waals surface area contributed by atoms with Crippen molar-refractivity contribution in [3.05, 3.63) is 86.3 Å². The van der Waals surface area contributed by atoms with Crippen molar-refractivity contribution in [3.8, 4) is 0 Å². The predicted octanol–water partition coefficient (Wildman–Crippen LogP) is 4.07. The van der Waals surface area contributed by atoms with Crippen LogP contribution < -0.4 is 16.2 Å². The summed E-state index contributed by atoms with van der Waals surface area (Å²) in [7, 11) is 0. The van der Waals surface area contributed by atoms with Gasteiger partial charge in [-0.05, 0) is 67.3 Å². The van der Waals surface area contributed by atoms with E-state index >= 15 is 0 Å². The highest BCUT2D eigenvalue weighted by atomic mass is 35.5. The molecule has 1 amide bonds. The molecule has 36 heavy (non-hydrogen) atoms. The van der Waals surface area contributed by atoms with Crippen LogP contribution in [0.5, 0.6) is 0 Å². The maximum atomic E-state index is 13.4. The normalized spacial score (nSPS) is 16.5. The van der Waals surface area contributed by atoms with E-state index in [0.29, 0.717) is 31.6 Å². The van der Waals surface area contributed by atoms with Crippen LogP contribution in [0.15, 0.2) is 47.5 Å². The second-order valence-corrected chi connectivity index (χ2v) is 9.92. The van der Waals surface area contributed by atoms with E-state index in [4.69, 9.17) is 11.6 Å². The number of nitrogens with one attached hydrogen (secondary N) is 3. The lowest BCUT2D eigenvalue weighted by atomic mass is 9.90. The highest BCUT2D eigenvalue weighted by Gasteiger charge is 2.32. The Morgan fingerprint density at radius 1 is 1.11 bits per heavy atom. The third-order valence-corrected chi connectivity index (χ3v) is 7.53. The Balaban J connectivity index is 1.18. The third kappa shape index (κ3) is 4.26. The first-order chi connectivity index (χ1) is 17.6. The molecule has 8 nitrogen and oxygen atoms in total. The summed E-state index contributed by atoms with van der Waals surface area (Å²) < 4.78 is 1.51. The van der Waals surface area contributed by atoms with Crippen LogP contribution in [0.4, 0.5) is 5.82 Å². The molecule has 3 aromatic heterocycles. The minimum Gasteiger partial charge on any atom is -0.361 e. The molecule has 0 fully saturated rings. The van der Waals surface area contributed by atoms with E-state index in [-0.39, 0.29) is 22.4 Å². The molecule has 3 N–H and O–H groups in total. The molecule has 0 spiro atoms. The van der Waals surface area contributed by atoms with Crippen LogP contribution in [0.2, 0.25) is 5.15 Å². The number of rotatable bonds is 6. The lowest BCUT2D eigenvalue weighted by Gasteiger charge is -2.18. The number of aromatic amines is 1. The summed E-state index contributed by atoms with van der Waals surface area (Å²) >= 11 is 6.46. The Morgan fingerprint density at radius 3 is 2.83 bits per heavy atom. The van der Waals surface area contributed by atoms with Gasteiger partial charge in [0.2, 0.25) is 5.91 Å². The summed E-state index contributed by atoms with van der Waals surface area (Å²) in [6, 6.07) is 9.72. The monoisotopic (exact) mass is 502 g/mol. The highest BCUT2D eigenvalue weighted by molar-refractivity contribution is 6.30. The molecule has 6 rings (SSSR count). The van der Waals surface area contributed by atoms with Gasteiger partial charge in [-0.2, -0.15) is 0 Å². The number of aryl methyl sites for hydroxylation is 2. The number of nitrogens with zero attached hydrogens (tertiary/aromatic N) is 3. The van der Waals surface area contributed by atoms with E-state index < -0.39 is 6.04 Å². The van der Waals surface area contributed by atoms with Crippen LogP contribution in [0, 0.1) is 0 Å². The van der Waals surface area contributed by atoms with Gasteiger partial charge in [0.25, 0.3) is 5.56 Å². The third-order valence-electron chi connectivity index (χ3n) is 7.23. The van der Waals surface area contributed by atoms with Crippen LogP contribution in [0.3, 0.4) is 0 Å². The van der Waals surface area contributed by atoms with E-state index in [2.05, 4.69) is 43.8 Å². The van der Waals surface area contributed by atoms with Gasteiger partial charge in [-0.25, -0.2) is 4.98 Å². The van der Waals surface area contributed by atoms with Gasteiger partial charge in [0, 0.05) is 35.5 Å². The van der Waals surface area contributed by atoms with Crippen molar-refractivity contribution in [3.63, 3.8) is 0 Å². The molecular formula is C27H27ClN6O2. The van der Waals surface area contributed by atoms with E-state index in [9.17, 15) is 9.59 Å². The second kappa shape index (κ2) is 9.43. The number of carbonyl (C=O) groups is 1. The van der Waals surface area contributed by atoms with E-state index in [1.54, 1.807) is 12.4 Å². The number of pyridine rings is 1. The van der Waals surface area contributed by atoms with Gasteiger partial charge in [-0.3, -0.25) is 19.1 Å². The number of benzene rings is 1. The Hall–Kier alpha value is -3.65. The molecule has 184 valence electrons. The molecule has 0 saturated heterocycles. The topological polar surface area (TPSA) is 105 Å². The van der Waals surface area contributed by atoms with Crippen LogP contribution in [0.25, 0.3) is 10.9 Å². The first kappa shape index (κ1) is 22.8. The average molecular weight is 503 g/mol. The summed E-state index contributed by atoms with van der Waals surface area (Å²) in [4.78, 5) is 38.2. The van der Waals surface area contributed by atoms with Crippen molar-refractivity contribution in [1.29, 1.82) is 0 Å². The largest absolute Gasteiger partial charge is 0.361 e. The maximum absolute atomic E-state index is 13.4. The number of fused-ring (bicyclic) bond motifs is 3. The standard InChI is InChI=1S/C27H27ClN6O2/c28-24-22-7-8-23(26(35)31-15-20-12-19-14-29-10-9-21(19)32-20)34(22)27(36)25(33-24)30-13-16-5-6-17-3-1-2-4-18(17)11-16/h5-6,9-12,14,23,32H,1-4,7-8,13,15H2,(H,30,33)(H,31,35)/t23-/m0/s1. The number of amides is 1. The van der Waals surface area contributed by atoms with Gasteiger partial charge in [0.15, 0.2) is 11.0 Å². The van der Waals surface area contributed by atoms with E-state index in [1.165, 1.54) is 28.5 Å². The summed E-state index contributed by atoms with van der Waals surface area (Å²) in [5.74, 6) is -0.0418. The number of carbonyl (C=O) groups excluding carboxylic acids is 1. The molecule has 0 radical (unpaired) electrons. The minimum atomic E-state index is -0.622. The van der Waals surface area contributed by atoms with Crippen molar-refractivity contribution in [1.82, 2.24) is 24.8 Å². The lowest BCUT2D eigenvalue weighted by molar-refractivity contribution is -0.124. The number of anilines is 1. The average Bonchev–Trinajstić information content (AvgIpc) is 3.53. The van der Waals surface area contributed by atoms with Crippen molar-refractivity contribution in [2.24, 2.45) is 0 Å². The fraction of sp³-hybridized carbons (Fsp3) is 0.333. The molecule has 1 aliphatic carbocycles. The molecule has 1 aliphatic heterocycles. The number of hydrogen-bond acceptors (Lipinski definition) is 5. The number of aromatic nitrogens is 4. The molecule has 0 bridgehead atoms. The van der Waals surface area contributed by atoms with Gasteiger partial charge in [0.05, 0.1) is 12.2 Å². The molecule has 1 atom stereocenters. The van der Waals surface area contributed by atoms with Crippen molar-refractivity contribution < 1.29 is 4.79 Å². The number of H-pyrrole nitrogens is 1. The summed E-state index contributed by atoms with van der Waals surface area (Å²) in [5, 5.41) is 7.38. The molecule has 4 heterocycles. The van der Waals surface area contributed by atoms with E-state index in [0.717, 1.165) is 35.0 Å². The smallest absolute Gasteiger partial charge is 0.294 e. The fourth-order valence-electron chi connectivity index (χ4n) is 5.38. The maximum Gasteiger partial charge on any atom is 0.294 e.